The molecule has 4 nitrogen and oxygen atoms in total. The van der Waals surface area contributed by atoms with Gasteiger partial charge in [-0.1, -0.05) is 13.8 Å². The molecule has 0 spiro atoms. The number of ether oxygens (including phenoxy) is 1. The van der Waals surface area contributed by atoms with Crippen LogP contribution in [0.3, 0.4) is 0 Å². The van der Waals surface area contributed by atoms with E-state index in [9.17, 15) is 4.79 Å². The van der Waals surface area contributed by atoms with Crippen molar-refractivity contribution in [3.63, 3.8) is 0 Å². The molecule has 1 saturated heterocycles. The fourth-order valence-electron chi connectivity index (χ4n) is 1.97. The van der Waals surface area contributed by atoms with E-state index in [1.807, 2.05) is 0 Å². The lowest BCUT2D eigenvalue weighted by molar-refractivity contribution is 0.105. The Morgan fingerprint density at radius 3 is 2.69 bits per heavy atom. The van der Waals surface area contributed by atoms with Crippen molar-refractivity contribution >= 4 is 6.09 Å². The Kier molecular flexibility index (Phi) is 5.06. The second-order valence-corrected chi connectivity index (χ2v) is 4.95. The van der Waals surface area contributed by atoms with Gasteiger partial charge in [0.05, 0.1) is 7.11 Å². The van der Waals surface area contributed by atoms with Crippen LogP contribution in [0, 0.1) is 5.92 Å². The molecule has 1 amide bonds. The second kappa shape index (κ2) is 6.09. The minimum Gasteiger partial charge on any atom is -0.453 e. The lowest BCUT2D eigenvalue weighted by Gasteiger charge is -2.34. The van der Waals surface area contributed by atoms with Gasteiger partial charge in [-0.3, -0.25) is 0 Å². The van der Waals surface area contributed by atoms with Gasteiger partial charge in [0.15, 0.2) is 0 Å². The lowest BCUT2D eigenvalue weighted by atomic mass is 10.0. The Hall–Kier alpha value is -0.770. The van der Waals surface area contributed by atoms with Crippen molar-refractivity contribution < 1.29 is 9.53 Å². The number of carbonyl (C=O) groups is 1. The number of nitrogens with one attached hydrogen (secondary N) is 1. The van der Waals surface area contributed by atoms with Crippen LogP contribution in [0.25, 0.3) is 0 Å². The largest absolute Gasteiger partial charge is 0.453 e. The average molecular weight is 228 g/mol. The van der Waals surface area contributed by atoms with Crippen LogP contribution in [0.2, 0.25) is 0 Å². The number of nitrogens with zero attached hydrogens (tertiary/aromatic N) is 1. The highest BCUT2D eigenvalue weighted by molar-refractivity contribution is 5.67. The maximum atomic E-state index is 11.4. The summed E-state index contributed by atoms with van der Waals surface area (Å²) >= 11 is 0. The summed E-state index contributed by atoms with van der Waals surface area (Å²) < 4.78 is 4.75. The number of amides is 1. The van der Waals surface area contributed by atoms with Gasteiger partial charge in [-0.25, -0.2) is 4.79 Å². The van der Waals surface area contributed by atoms with Crippen LogP contribution in [0.15, 0.2) is 0 Å². The zero-order chi connectivity index (χ0) is 12.1. The van der Waals surface area contributed by atoms with E-state index in [0.717, 1.165) is 25.9 Å². The molecule has 2 atom stereocenters. The van der Waals surface area contributed by atoms with Gasteiger partial charge in [0, 0.05) is 25.2 Å². The Labute approximate surface area is 98.3 Å². The Morgan fingerprint density at radius 2 is 2.12 bits per heavy atom. The molecule has 16 heavy (non-hydrogen) atoms. The van der Waals surface area contributed by atoms with Crippen molar-refractivity contribution in [2.45, 2.75) is 45.7 Å². The van der Waals surface area contributed by atoms with Crippen molar-refractivity contribution in [3.05, 3.63) is 0 Å². The second-order valence-electron chi connectivity index (χ2n) is 4.95. The van der Waals surface area contributed by atoms with E-state index in [2.05, 4.69) is 26.1 Å². The molecule has 1 rings (SSSR count). The lowest BCUT2D eigenvalue weighted by Crippen LogP contribution is -2.51. The van der Waals surface area contributed by atoms with Gasteiger partial charge in [-0.05, 0) is 25.7 Å². The summed E-state index contributed by atoms with van der Waals surface area (Å²) in [6, 6.07) is 0.896. The smallest absolute Gasteiger partial charge is 0.409 e. The van der Waals surface area contributed by atoms with Gasteiger partial charge in [-0.2, -0.15) is 0 Å². The van der Waals surface area contributed by atoms with Crippen molar-refractivity contribution in [3.8, 4) is 0 Å². The summed E-state index contributed by atoms with van der Waals surface area (Å²) in [4.78, 5) is 13.2. The average Bonchev–Trinajstić information content (AvgIpc) is 2.28. The zero-order valence-electron chi connectivity index (χ0n) is 10.8. The number of piperidine rings is 1. The summed E-state index contributed by atoms with van der Waals surface area (Å²) in [5.41, 5.74) is 0. The minimum atomic E-state index is -0.205. The highest BCUT2D eigenvalue weighted by Gasteiger charge is 2.25. The number of hydrogen-bond donors (Lipinski definition) is 1. The van der Waals surface area contributed by atoms with E-state index < -0.39 is 0 Å². The molecule has 1 aliphatic rings. The molecule has 0 bridgehead atoms. The maximum Gasteiger partial charge on any atom is 0.409 e. The van der Waals surface area contributed by atoms with Gasteiger partial charge in [-0.15, -0.1) is 0 Å². The number of hydrogen-bond acceptors (Lipinski definition) is 3. The molecule has 1 fully saturated rings. The molecule has 0 aromatic rings. The summed E-state index contributed by atoms with van der Waals surface area (Å²) in [5, 5.41) is 3.58. The fraction of sp³-hybridized carbons (Fsp3) is 0.917. The van der Waals surface area contributed by atoms with Crippen LogP contribution in [0.1, 0.15) is 33.6 Å². The first-order valence-corrected chi connectivity index (χ1v) is 6.13. The highest BCUT2D eigenvalue weighted by Crippen LogP contribution is 2.13. The number of methoxy groups -OCH3 is 1. The number of carbonyl (C=O) groups excluding carboxylic acids is 1. The van der Waals surface area contributed by atoms with Gasteiger partial charge in [0.25, 0.3) is 0 Å². The van der Waals surface area contributed by atoms with Crippen LogP contribution in [0.5, 0.6) is 0 Å². The third-order valence-electron chi connectivity index (χ3n) is 3.35. The topological polar surface area (TPSA) is 41.6 Å². The van der Waals surface area contributed by atoms with Crippen LogP contribution in [0.4, 0.5) is 4.79 Å². The monoisotopic (exact) mass is 228 g/mol. The molecule has 2 unspecified atom stereocenters. The molecular formula is C12H24N2O2. The molecule has 0 aromatic carbocycles. The third kappa shape index (κ3) is 3.67. The van der Waals surface area contributed by atoms with Crippen LogP contribution in [-0.4, -0.2) is 43.3 Å². The summed E-state index contributed by atoms with van der Waals surface area (Å²) in [7, 11) is 1.44. The SMILES string of the molecule is COC(=O)N1CCCC(NC(C)C(C)C)C1. The minimum absolute atomic E-state index is 0.205. The summed E-state index contributed by atoms with van der Waals surface area (Å²) in [6.07, 6.45) is 1.99. The molecule has 0 radical (unpaired) electrons. The Morgan fingerprint density at radius 1 is 1.44 bits per heavy atom. The predicted molar refractivity (Wildman–Crippen MR) is 64.4 cm³/mol. The number of likely N-dealkylation sites (tertiary alicyclic amines) is 1. The first-order valence-electron chi connectivity index (χ1n) is 6.13. The molecule has 94 valence electrons. The van der Waals surface area contributed by atoms with Crippen molar-refractivity contribution in [2.75, 3.05) is 20.2 Å². The van der Waals surface area contributed by atoms with E-state index in [0.29, 0.717) is 18.0 Å². The van der Waals surface area contributed by atoms with E-state index >= 15 is 0 Å². The summed E-state index contributed by atoms with van der Waals surface area (Å²) in [5.74, 6) is 0.619. The van der Waals surface area contributed by atoms with Gasteiger partial charge >= 0.3 is 6.09 Å². The van der Waals surface area contributed by atoms with E-state index in [4.69, 9.17) is 4.74 Å². The summed E-state index contributed by atoms with van der Waals surface area (Å²) in [6.45, 7) is 8.20. The Bertz CT molecular complexity index is 231. The predicted octanol–water partition coefficient (Wildman–Crippen LogP) is 1.85. The van der Waals surface area contributed by atoms with Gasteiger partial charge in [0.2, 0.25) is 0 Å². The van der Waals surface area contributed by atoms with Crippen LogP contribution >= 0.6 is 0 Å². The number of rotatable bonds is 3. The van der Waals surface area contributed by atoms with Gasteiger partial charge in [0.1, 0.15) is 0 Å². The van der Waals surface area contributed by atoms with E-state index in [-0.39, 0.29) is 6.09 Å². The molecule has 4 heteroatoms. The first kappa shape index (κ1) is 13.3. The quantitative estimate of drug-likeness (QED) is 0.801. The normalized spacial score (nSPS) is 23.3. The van der Waals surface area contributed by atoms with Crippen molar-refractivity contribution in [1.82, 2.24) is 10.2 Å². The first-order chi connectivity index (χ1) is 7.54. The fourth-order valence-corrected chi connectivity index (χ4v) is 1.97. The third-order valence-corrected chi connectivity index (χ3v) is 3.35. The van der Waals surface area contributed by atoms with Crippen LogP contribution < -0.4 is 5.32 Å². The van der Waals surface area contributed by atoms with E-state index in [1.54, 1.807) is 4.90 Å². The van der Waals surface area contributed by atoms with Gasteiger partial charge < -0.3 is 15.0 Å². The van der Waals surface area contributed by atoms with Crippen LogP contribution in [-0.2, 0) is 4.74 Å². The molecule has 1 N–H and O–H groups in total. The van der Waals surface area contributed by atoms with E-state index in [1.165, 1.54) is 7.11 Å². The molecular weight excluding hydrogens is 204 g/mol. The molecule has 0 saturated carbocycles. The van der Waals surface area contributed by atoms with Crippen molar-refractivity contribution in [1.29, 1.82) is 0 Å². The Balaban J connectivity index is 2.41. The van der Waals surface area contributed by atoms with Crippen molar-refractivity contribution in [2.24, 2.45) is 5.92 Å². The zero-order valence-corrected chi connectivity index (χ0v) is 10.8. The highest BCUT2D eigenvalue weighted by atomic mass is 16.5. The standard InChI is InChI=1S/C12H24N2O2/c1-9(2)10(3)13-11-6-5-7-14(8-11)12(15)16-4/h9-11,13H,5-8H2,1-4H3. The molecule has 0 aliphatic carbocycles. The maximum absolute atomic E-state index is 11.4. The molecule has 1 aliphatic heterocycles. The molecule has 0 aromatic heterocycles. The molecule has 1 heterocycles.